The summed E-state index contributed by atoms with van der Waals surface area (Å²) in [6, 6.07) is 9.03. The summed E-state index contributed by atoms with van der Waals surface area (Å²) in [4.78, 5) is 59.2. The highest BCUT2D eigenvalue weighted by molar-refractivity contribution is 7.13. The van der Waals surface area contributed by atoms with Crippen LogP contribution in [0.25, 0.3) is 0 Å². The van der Waals surface area contributed by atoms with E-state index in [1.165, 1.54) is 11.3 Å². The van der Waals surface area contributed by atoms with Crippen molar-refractivity contribution in [2.75, 3.05) is 44.6 Å². The molecule has 2 aromatic rings. The van der Waals surface area contributed by atoms with Crippen molar-refractivity contribution in [3.8, 4) is 0 Å². The Morgan fingerprint density at radius 1 is 1.09 bits per heavy atom. The van der Waals surface area contributed by atoms with Crippen LogP contribution in [0.5, 0.6) is 0 Å². The number of piperazine rings is 1. The first-order chi connectivity index (χ1) is 16.9. The van der Waals surface area contributed by atoms with Crippen molar-refractivity contribution in [1.29, 1.82) is 0 Å². The number of nitrogens with one attached hydrogen (secondary N) is 1. The van der Waals surface area contributed by atoms with Crippen molar-refractivity contribution in [3.63, 3.8) is 0 Å². The van der Waals surface area contributed by atoms with Crippen LogP contribution in [0, 0.1) is 0 Å². The van der Waals surface area contributed by atoms with Crippen LogP contribution >= 0.6 is 11.3 Å². The summed E-state index contributed by atoms with van der Waals surface area (Å²) < 4.78 is 5.00. The third-order valence-electron chi connectivity index (χ3n) is 5.87. The zero-order valence-corrected chi connectivity index (χ0v) is 20.5. The van der Waals surface area contributed by atoms with Crippen LogP contribution in [-0.2, 0) is 20.7 Å². The fourth-order valence-electron chi connectivity index (χ4n) is 3.88. The van der Waals surface area contributed by atoms with E-state index in [4.69, 9.17) is 4.74 Å². The Hall–Kier alpha value is -3.47. The van der Waals surface area contributed by atoms with Gasteiger partial charge in [-0.3, -0.25) is 14.4 Å². The number of anilines is 1. The second-order valence-electron chi connectivity index (χ2n) is 8.47. The van der Waals surface area contributed by atoms with E-state index in [1.54, 1.807) is 51.3 Å². The van der Waals surface area contributed by atoms with Crippen LogP contribution in [0.3, 0.4) is 0 Å². The molecule has 0 radical (unpaired) electrons. The molecule has 0 spiro atoms. The van der Waals surface area contributed by atoms with Crippen molar-refractivity contribution in [2.45, 2.75) is 32.2 Å². The van der Waals surface area contributed by atoms with E-state index in [-0.39, 0.29) is 42.8 Å². The SMILES string of the molecule is CCOC(=O)N1CCN(C(=O)Cc2csc(NC(=O)CN(C(=O)c3ccccc3)C3CC3)n2)CC1. The normalized spacial score (nSPS) is 15.5. The Balaban J connectivity index is 1.26. The molecule has 1 aromatic carbocycles. The molecule has 1 saturated heterocycles. The van der Waals surface area contributed by atoms with E-state index >= 15 is 0 Å². The lowest BCUT2D eigenvalue weighted by molar-refractivity contribution is -0.132. The Bertz CT molecular complexity index is 1060. The predicted octanol–water partition coefficient (Wildman–Crippen LogP) is 2.23. The molecule has 2 aliphatic rings. The van der Waals surface area contributed by atoms with Gasteiger partial charge in [0, 0.05) is 43.2 Å². The molecule has 0 bridgehead atoms. The van der Waals surface area contributed by atoms with Crippen molar-refractivity contribution in [1.82, 2.24) is 19.7 Å². The zero-order valence-electron chi connectivity index (χ0n) is 19.6. The summed E-state index contributed by atoms with van der Waals surface area (Å²) in [5, 5.41) is 4.90. The van der Waals surface area contributed by atoms with Gasteiger partial charge in [-0.1, -0.05) is 18.2 Å². The lowest BCUT2D eigenvalue weighted by atomic mass is 10.2. The number of ether oxygens (including phenoxy) is 1. The first-order valence-corrected chi connectivity index (χ1v) is 12.6. The summed E-state index contributed by atoms with van der Waals surface area (Å²) in [6.45, 7) is 3.79. The van der Waals surface area contributed by atoms with Gasteiger partial charge < -0.3 is 24.8 Å². The number of benzene rings is 1. The Morgan fingerprint density at radius 3 is 2.43 bits per heavy atom. The molecule has 1 N–H and O–H groups in total. The molecule has 10 nitrogen and oxygen atoms in total. The third kappa shape index (κ3) is 6.56. The third-order valence-corrected chi connectivity index (χ3v) is 6.68. The standard InChI is InChI=1S/C24H29N5O5S/c1-2-34-24(33)28-12-10-27(11-13-28)21(31)14-18-16-35-23(25-18)26-20(30)15-29(19-8-9-19)22(32)17-6-4-3-5-7-17/h3-7,16,19H,2,8-15H2,1H3,(H,25,26,30). The fraction of sp³-hybridized carbons (Fsp3) is 0.458. The van der Waals surface area contributed by atoms with Gasteiger partial charge in [-0.25, -0.2) is 9.78 Å². The molecular formula is C24H29N5O5S. The van der Waals surface area contributed by atoms with Crippen LogP contribution < -0.4 is 5.32 Å². The Morgan fingerprint density at radius 2 is 1.77 bits per heavy atom. The van der Waals surface area contributed by atoms with Gasteiger partial charge in [0.2, 0.25) is 11.8 Å². The second kappa shape index (κ2) is 11.3. The molecule has 4 rings (SSSR count). The predicted molar refractivity (Wildman–Crippen MR) is 130 cm³/mol. The van der Waals surface area contributed by atoms with E-state index in [2.05, 4.69) is 10.3 Å². The molecule has 2 heterocycles. The quantitative estimate of drug-likeness (QED) is 0.596. The number of hydrogen-bond acceptors (Lipinski definition) is 7. The number of rotatable bonds is 8. The largest absolute Gasteiger partial charge is 0.450 e. The fourth-order valence-corrected chi connectivity index (χ4v) is 4.60. The minimum absolute atomic E-state index is 0.0447. The Kier molecular flexibility index (Phi) is 7.96. The molecule has 1 aliphatic heterocycles. The molecule has 2 fully saturated rings. The summed E-state index contributed by atoms with van der Waals surface area (Å²) in [5.74, 6) is -0.551. The summed E-state index contributed by atoms with van der Waals surface area (Å²) in [7, 11) is 0. The van der Waals surface area contributed by atoms with Gasteiger partial charge >= 0.3 is 6.09 Å². The molecule has 186 valence electrons. The summed E-state index contributed by atoms with van der Waals surface area (Å²) >= 11 is 1.25. The van der Waals surface area contributed by atoms with Gasteiger partial charge in [0.05, 0.1) is 18.7 Å². The van der Waals surface area contributed by atoms with E-state index in [9.17, 15) is 19.2 Å². The first-order valence-electron chi connectivity index (χ1n) is 11.7. The maximum Gasteiger partial charge on any atom is 0.409 e. The van der Waals surface area contributed by atoms with Gasteiger partial charge in [0.1, 0.15) is 6.54 Å². The average Bonchev–Trinajstić information content (AvgIpc) is 3.63. The highest BCUT2D eigenvalue weighted by Crippen LogP contribution is 2.28. The number of carbonyl (C=O) groups is 4. The summed E-state index contributed by atoms with van der Waals surface area (Å²) in [5.41, 5.74) is 1.13. The lowest BCUT2D eigenvalue weighted by Gasteiger charge is -2.34. The van der Waals surface area contributed by atoms with E-state index < -0.39 is 0 Å². The van der Waals surface area contributed by atoms with Crippen LogP contribution in [0.2, 0.25) is 0 Å². The van der Waals surface area contributed by atoms with Gasteiger partial charge in [0.15, 0.2) is 5.13 Å². The van der Waals surface area contributed by atoms with Crippen molar-refractivity contribution in [2.24, 2.45) is 0 Å². The molecule has 1 saturated carbocycles. The van der Waals surface area contributed by atoms with Gasteiger partial charge in [0.25, 0.3) is 5.91 Å². The Labute approximate surface area is 207 Å². The topological polar surface area (TPSA) is 112 Å². The van der Waals surface area contributed by atoms with Gasteiger partial charge in [-0.2, -0.15) is 0 Å². The lowest BCUT2D eigenvalue weighted by Crippen LogP contribution is -2.51. The summed E-state index contributed by atoms with van der Waals surface area (Å²) in [6.07, 6.45) is 1.55. The first kappa shape index (κ1) is 24.6. The number of hydrogen-bond donors (Lipinski definition) is 1. The minimum Gasteiger partial charge on any atom is -0.450 e. The molecule has 0 atom stereocenters. The minimum atomic E-state index is -0.356. The molecule has 11 heteroatoms. The van der Waals surface area contributed by atoms with Crippen LogP contribution in [-0.4, -0.2) is 88.9 Å². The number of nitrogens with zero attached hydrogens (tertiary/aromatic N) is 4. The molecule has 35 heavy (non-hydrogen) atoms. The van der Waals surface area contributed by atoms with Crippen LogP contribution in [0.4, 0.5) is 9.93 Å². The highest BCUT2D eigenvalue weighted by atomic mass is 32.1. The molecule has 4 amide bonds. The zero-order chi connectivity index (χ0) is 24.8. The molecule has 1 aromatic heterocycles. The van der Waals surface area contributed by atoms with Gasteiger partial charge in [-0.05, 0) is 31.9 Å². The highest BCUT2D eigenvalue weighted by Gasteiger charge is 2.34. The second-order valence-corrected chi connectivity index (χ2v) is 9.32. The van der Waals surface area contributed by atoms with E-state index in [1.807, 2.05) is 6.07 Å². The van der Waals surface area contributed by atoms with Crippen LogP contribution in [0.15, 0.2) is 35.7 Å². The maximum absolute atomic E-state index is 12.8. The molecular weight excluding hydrogens is 470 g/mol. The average molecular weight is 500 g/mol. The number of thiazole rings is 1. The number of carbonyl (C=O) groups excluding carboxylic acids is 4. The number of amides is 4. The monoisotopic (exact) mass is 499 g/mol. The number of aromatic nitrogens is 1. The van der Waals surface area contributed by atoms with Crippen molar-refractivity contribution >= 4 is 40.3 Å². The molecule has 0 unspecified atom stereocenters. The van der Waals surface area contributed by atoms with E-state index in [0.29, 0.717) is 49.2 Å². The molecule has 1 aliphatic carbocycles. The van der Waals surface area contributed by atoms with E-state index in [0.717, 1.165) is 12.8 Å². The van der Waals surface area contributed by atoms with Gasteiger partial charge in [-0.15, -0.1) is 11.3 Å². The maximum atomic E-state index is 12.8. The smallest absolute Gasteiger partial charge is 0.409 e. The van der Waals surface area contributed by atoms with Crippen molar-refractivity contribution < 1.29 is 23.9 Å². The van der Waals surface area contributed by atoms with Crippen LogP contribution in [0.1, 0.15) is 35.8 Å². The van der Waals surface area contributed by atoms with Crippen molar-refractivity contribution in [3.05, 3.63) is 47.0 Å².